The molecule has 2 N–H and O–H groups in total. The summed E-state index contributed by atoms with van der Waals surface area (Å²) in [4.78, 5) is 5.49. The average molecular weight is 203 g/mol. The van der Waals surface area contributed by atoms with E-state index >= 15 is 0 Å². The Hall–Kier alpha value is -1.73. The molecule has 4 nitrogen and oxygen atoms in total. The molecule has 78 valence electrons. The molecule has 0 aliphatic carbocycles. The molecule has 1 aromatic rings. The number of benzene rings is 1. The van der Waals surface area contributed by atoms with Crippen LogP contribution in [0.5, 0.6) is 0 Å². The van der Waals surface area contributed by atoms with Crippen molar-refractivity contribution in [1.82, 2.24) is 0 Å². The van der Waals surface area contributed by atoms with Gasteiger partial charge in [-0.1, -0.05) is 6.07 Å². The van der Waals surface area contributed by atoms with Crippen molar-refractivity contribution in [2.24, 2.45) is 0 Å². The minimum atomic E-state index is 0.502. The average Bonchev–Trinajstić information content (AvgIpc) is 2.30. The highest BCUT2D eigenvalue weighted by Gasteiger charge is 2.15. The van der Waals surface area contributed by atoms with Crippen LogP contribution in [0.15, 0.2) is 18.2 Å². The predicted octanol–water partition coefficient (Wildman–Crippen LogP) is 1.67. The number of rotatable bonds is 1. The maximum atomic E-state index is 8.85. The van der Waals surface area contributed by atoms with Gasteiger partial charge in [-0.25, -0.2) is 0 Å². The number of para-hydroxylation sites is 1. The van der Waals surface area contributed by atoms with Crippen molar-refractivity contribution in [2.45, 2.75) is 12.8 Å². The van der Waals surface area contributed by atoms with Gasteiger partial charge in [0.05, 0.1) is 23.5 Å². The quantitative estimate of drug-likeness (QED) is 0.705. The first-order valence-electron chi connectivity index (χ1n) is 5.02. The number of hydrogen-bond donors (Lipinski definition) is 1. The summed E-state index contributed by atoms with van der Waals surface area (Å²) in [6.07, 6.45) is 2.17. The third-order valence-corrected chi connectivity index (χ3v) is 2.47. The first kappa shape index (κ1) is 9.81. The van der Waals surface area contributed by atoms with E-state index in [2.05, 4.69) is 6.07 Å². The molecule has 0 saturated carbocycles. The van der Waals surface area contributed by atoms with E-state index in [-0.39, 0.29) is 0 Å². The Morgan fingerprint density at radius 2 is 2.27 bits per heavy atom. The number of hydrogen-bond acceptors (Lipinski definition) is 4. The van der Waals surface area contributed by atoms with Crippen molar-refractivity contribution in [1.29, 1.82) is 5.26 Å². The molecule has 2 rings (SSSR count). The minimum Gasteiger partial charge on any atom is -0.396 e. The van der Waals surface area contributed by atoms with Crippen molar-refractivity contribution in [3.63, 3.8) is 0 Å². The molecule has 0 aromatic heterocycles. The maximum absolute atomic E-state index is 8.85. The molecule has 1 fully saturated rings. The molecule has 1 aliphatic heterocycles. The SMILES string of the molecule is N#Cc1cccc(N2CCCCO2)c1N. The molecule has 1 aliphatic rings. The van der Waals surface area contributed by atoms with Crippen LogP contribution in [0.1, 0.15) is 18.4 Å². The van der Waals surface area contributed by atoms with Gasteiger partial charge in [-0.05, 0) is 25.0 Å². The number of hydroxylamine groups is 1. The molecule has 15 heavy (non-hydrogen) atoms. The lowest BCUT2D eigenvalue weighted by Crippen LogP contribution is -2.30. The Morgan fingerprint density at radius 1 is 1.40 bits per heavy atom. The molecular weight excluding hydrogens is 190 g/mol. The Labute approximate surface area is 88.8 Å². The summed E-state index contributed by atoms with van der Waals surface area (Å²) < 4.78 is 0. The Kier molecular flexibility index (Phi) is 2.75. The van der Waals surface area contributed by atoms with Gasteiger partial charge in [-0.2, -0.15) is 5.26 Å². The van der Waals surface area contributed by atoms with Gasteiger partial charge in [-0.3, -0.25) is 9.90 Å². The lowest BCUT2D eigenvalue weighted by Gasteiger charge is -2.28. The third-order valence-electron chi connectivity index (χ3n) is 2.47. The lowest BCUT2D eigenvalue weighted by atomic mass is 10.1. The second-order valence-electron chi connectivity index (χ2n) is 3.49. The fourth-order valence-corrected chi connectivity index (χ4v) is 1.65. The number of anilines is 2. The summed E-state index contributed by atoms with van der Waals surface area (Å²) in [6, 6.07) is 7.48. The van der Waals surface area contributed by atoms with Crippen molar-refractivity contribution < 1.29 is 4.84 Å². The number of nitrogens with zero attached hydrogens (tertiary/aromatic N) is 2. The number of nitrogens with two attached hydrogens (primary N) is 1. The Bertz CT molecular complexity index is 391. The highest BCUT2D eigenvalue weighted by atomic mass is 16.7. The summed E-state index contributed by atoms with van der Waals surface area (Å²) >= 11 is 0. The lowest BCUT2D eigenvalue weighted by molar-refractivity contribution is 0.0781. The Morgan fingerprint density at radius 3 is 2.93 bits per heavy atom. The van der Waals surface area contributed by atoms with Crippen LogP contribution < -0.4 is 10.8 Å². The molecule has 0 spiro atoms. The highest BCUT2D eigenvalue weighted by molar-refractivity contribution is 5.73. The summed E-state index contributed by atoms with van der Waals surface area (Å²) in [5.74, 6) is 0. The van der Waals surface area contributed by atoms with Gasteiger partial charge in [0.2, 0.25) is 0 Å². The van der Waals surface area contributed by atoms with Gasteiger partial charge in [0, 0.05) is 6.54 Å². The Balaban J connectivity index is 2.31. The van der Waals surface area contributed by atoms with Gasteiger partial charge in [-0.15, -0.1) is 0 Å². The van der Waals surface area contributed by atoms with E-state index in [1.54, 1.807) is 11.1 Å². The van der Waals surface area contributed by atoms with Gasteiger partial charge in [0.25, 0.3) is 0 Å². The summed E-state index contributed by atoms with van der Waals surface area (Å²) in [6.45, 7) is 1.55. The molecule has 0 radical (unpaired) electrons. The monoisotopic (exact) mass is 203 g/mol. The van der Waals surface area contributed by atoms with Crippen molar-refractivity contribution in [3.8, 4) is 6.07 Å². The molecule has 1 heterocycles. The van der Waals surface area contributed by atoms with Crippen LogP contribution in [0.2, 0.25) is 0 Å². The van der Waals surface area contributed by atoms with Crippen LogP contribution >= 0.6 is 0 Å². The van der Waals surface area contributed by atoms with Gasteiger partial charge in [0.1, 0.15) is 6.07 Å². The summed E-state index contributed by atoms with van der Waals surface area (Å²) in [7, 11) is 0. The van der Waals surface area contributed by atoms with Gasteiger partial charge < -0.3 is 5.73 Å². The number of nitriles is 1. The maximum Gasteiger partial charge on any atom is 0.101 e. The molecule has 1 aromatic carbocycles. The topological polar surface area (TPSA) is 62.3 Å². The first-order valence-corrected chi connectivity index (χ1v) is 5.02. The third kappa shape index (κ3) is 1.88. The van der Waals surface area contributed by atoms with E-state index in [0.717, 1.165) is 31.7 Å². The molecule has 0 atom stereocenters. The van der Waals surface area contributed by atoms with E-state index in [1.807, 2.05) is 12.1 Å². The summed E-state index contributed by atoms with van der Waals surface area (Å²) in [5.41, 5.74) is 7.68. The van der Waals surface area contributed by atoms with E-state index in [4.69, 9.17) is 15.8 Å². The van der Waals surface area contributed by atoms with Gasteiger partial charge >= 0.3 is 0 Å². The number of nitrogen functional groups attached to an aromatic ring is 1. The van der Waals surface area contributed by atoms with Gasteiger partial charge in [0.15, 0.2) is 0 Å². The second kappa shape index (κ2) is 4.20. The largest absolute Gasteiger partial charge is 0.396 e. The zero-order valence-electron chi connectivity index (χ0n) is 8.44. The fourth-order valence-electron chi connectivity index (χ4n) is 1.65. The highest BCUT2D eigenvalue weighted by Crippen LogP contribution is 2.28. The van der Waals surface area contributed by atoms with Crippen molar-refractivity contribution >= 4 is 11.4 Å². The van der Waals surface area contributed by atoms with Crippen molar-refractivity contribution in [3.05, 3.63) is 23.8 Å². The van der Waals surface area contributed by atoms with Crippen LogP contribution in [-0.4, -0.2) is 13.2 Å². The normalized spacial score (nSPS) is 16.1. The van der Waals surface area contributed by atoms with Crippen LogP contribution in [0.3, 0.4) is 0 Å². The molecule has 0 unspecified atom stereocenters. The first-order chi connectivity index (χ1) is 7.33. The van der Waals surface area contributed by atoms with E-state index in [1.165, 1.54) is 0 Å². The summed E-state index contributed by atoms with van der Waals surface area (Å²) in [5, 5.41) is 10.6. The van der Waals surface area contributed by atoms with E-state index < -0.39 is 0 Å². The second-order valence-corrected chi connectivity index (χ2v) is 3.49. The molecule has 0 amide bonds. The molecule has 0 bridgehead atoms. The van der Waals surface area contributed by atoms with Crippen LogP contribution in [-0.2, 0) is 4.84 Å². The minimum absolute atomic E-state index is 0.502. The zero-order chi connectivity index (χ0) is 10.7. The van der Waals surface area contributed by atoms with E-state index in [0.29, 0.717) is 11.3 Å². The molecular formula is C11H13N3O. The smallest absolute Gasteiger partial charge is 0.101 e. The van der Waals surface area contributed by atoms with Crippen LogP contribution in [0.4, 0.5) is 11.4 Å². The van der Waals surface area contributed by atoms with Crippen LogP contribution in [0.25, 0.3) is 0 Å². The van der Waals surface area contributed by atoms with E-state index in [9.17, 15) is 0 Å². The van der Waals surface area contributed by atoms with Crippen LogP contribution in [0, 0.1) is 11.3 Å². The van der Waals surface area contributed by atoms with Crippen molar-refractivity contribution in [2.75, 3.05) is 23.9 Å². The standard InChI is InChI=1S/C11H13N3O/c12-8-9-4-3-5-10(11(9)13)14-6-1-2-7-15-14/h3-5H,1-2,6-7,13H2. The fraction of sp³-hybridized carbons (Fsp3) is 0.364. The zero-order valence-corrected chi connectivity index (χ0v) is 8.44. The predicted molar refractivity (Wildman–Crippen MR) is 58.1 cm³/mol. The molecule has 1 saturated heterocycles. The molecule has 4 heteroatoms.